The van der Waals surface area contributed by atoms with Crippen LogP contribution in [0, 0.1) is 30.6 Å². The zero-order valence-corrected chi connectivity index (χ0v) is 14.7. The summed E-state index contributed by atoms with van der Waals surface area (Å²) in [6.45, 7) is 2.66. The first kappa shape index (κ1) is 16.0. The monoisotopic (exact) mass is 327 g/mol. The molecule has 1 amide bonds. The van der Waals surface area contributed by atoms with E-state index in [0.29, 0.717) is 19.1 Å². The molecule has 3 saturated carbocycles. The molecule has 3 heteroatoms. The van der Waals surface area contributed by atoms with Gasteiger partial charge in [0, 0.05) is 12.5 Å². The van der Waals surface area contributed by atoms with Crippen LogP contribution in [-0.4, -0.2) is 18.6 Å². The minimum Gasteiger partial charge on any atom is -0.493 e. The number of ether oxygens (including phenoxy) is 1. The minimum absolute atomic E-state index is 0.218. The van der Waals surface area contributed by atoms with Crippen LogP contribution >= 0.6 is 0 Å². The van der Waals surface area contributed by atoms with Gasteiger partial charge in [-0.25, -0.2) is 0 Å². The molecular formula is C21H29NO2. The van der Waals surface area contributed by atoms with Gasteiger partial charge in [0.25, 0.3) is 0 Å². The Morgan fingerprint density at radius 1 is 1.17 bits per heavy atom. The summed E-state index contributed by atoms with van der Waals surface area (Å²) >= 11 is 0. The number of hydrogen-bond donors (Lipinski definition) is 1. The number of hydrogen-bond acceptors (Lipinski definition) is 2. The summed E-state index contributed by atoms with van der Waals surface area (Å²) < 4.78 is 5.78. The van der Waals surface area contributed by atoms with Gasteiger partial charge in [-0.15, -0.1) is 0 Å². The van der Waals surface area contributed by atoms with Gasteiger partial charge >= 0.3 is 0 Å². The summed E-state index contributed by atoms with van der Waals surface area (Å²) in [5.74, 6) is 4.73. The van der Waals surface area contributed by atoms with Crippen LogP contribution in [0.3, 0.4) is 0 Å². The van der Waals surface area contributed by atoms with Crippen molar-refractivity contribution in [1.29, 1.82) is 0 Å². The molecule has 1 aromatic rings. The summed E-state index contributed by atoms with van der Waals surface area (Å²) in [5, 5.41) is 3.34. The molecule has 3 fully saturated rings. The van der Waals surface area contributed by atoms with Crippen molar-refractivity contribution in [3.8, 4) is 5.75 Å². The first-order chi connectivity index (χ1) is 11.7. The maximum Gasteiger partial charge on any atom is 0.220 e. The smallest absolute Gasteiger partial charge is 0.220 e. The molecule has 0 aromatic heterocycles. The normalized spacial score (nSPS) is 33.5. The molecule has 130 valence electrons. The predicted octanol–water partition coefficient (Wildman–Crippen LogP) is 4.09. The molecule has 3 nitrogen and oxygen atoms in total. The SMILES string of the molecule is Cc1ccccc1OCCCC(=O)NC1CC2CC1C1CCCC21. The van der Waals surface area contributed by atoms with E-state index in [4.69, 9.17) is 4.74 Å². The minimum atomic E-state index is 0.218. The molecule has 2 bridgehead atoms. The average molecular weight is 327 g/mol. The maximum atomic E-state index is 12.3. The lowest BCUT2D eigenvalue weighted by atomic mass is 9.79. The number of nitrogens with one attached hydrogen (secondary N) is 1. The highest BCUT2D eigenvalue weighted by Crippen LogP contribution is 2.58. The Kier molecular flexibility index (Phi) is 4.51. The van der Waals surface area contributed by atoms with Crippen molar-refractivity contribution in [2.75, 3.05) is 6.61 Å². The van der Waals surface area contributed by atoms with E-state index < -0.39 is 0 Å². The number of carbonyl (C=O) groups excluding carboxylic acids is 1. The Hall–Kier alpha value is -1.51. The van der Waals surface area contributed by atoms with Crippen molar-refractivity contribution in [2.45, 2.75) is 57.9 Å². The van der Waals surface area contributed by atoms with Crippen LogP contribution in [0.5, 0.6) is 5.75 Å². The number of benzene rings is 1. The van der Waals surface area contributed by atoms with Crippen LogP contribution in [0.4, 0.5) is 0 Å². The van der Waals surface area contributed by atoms with Crippen LogP contribution in [0.1, 0.15) is 50.5 Å². The fourth-order valence-corrected chi connectivity index (χ4v) is 5.65. The fraction of sp³-hybridized carbons (Fsp3) is 0.667. The Bertz CT molecular complexity index is 599. The van der Waals surface area contributed by atoms with Gasteiger partial charge in [-0.1, -0.05) is 24.6 Å². The summed E-state index contributed by atoms with van der Waals surface area (Å²) in [7, 11) is 0. The standard InChI is InChI=1S/C21H29NO2/c1-14-6-2-3-9-20(14)24-11-5-10-21(23)22-19-13-15-12-18(19)17-8-4-7-16(15)17/h2-3,6,9,15-19H,4-5,7-8,10-13H2,1H3,(H,22,23). The molecule has 5 unspecified atom stereocenters. The number of para-hydroxylation sites is 1. The molecule has 0 radical (unpaired) electrons. The topological polar surface area (TPSA) is 38.3 Å². The number of carbonyl (C=O) groups is 1. The molecule has 1 aromatic carbocycles. The lowest BCUT2D eigenvalue weighted by molar-refractivity contribution is -0.122. The zero-order chi connectivity index (χ0) is 16.5. The highest BCUT2D eigenvalue weighted by molar-refractivity contribution is 5.76. The van der Waals surface area contributed by atoms with E-state index in [1.165, 1.54) is 32.1 Å². The summed E-state index contributed by atoms with van der Waals surface area (Å²) in [5.41, 5.74) is 1.15. The van der Waals surface area contributed by atoms with Gasteiger partial charge < -0.3 is 10.1 Å². The van der Waals surface area contributed by atoms with Gasteiger partial charge in [-0.3, -0.25) is 4.79 Å². The van der Waals surface area contributed by atoms with E-state index in [1.54, 1.807) is 0 Å². The molecule has 3 aliphatic rings. The van der Waals surface area contributed by atoms with Gasteiger partial charge in [0.2, 0.25) is 5.91 Å². The molecule has 5 atom stereocenters. The molecule has 1 N–H and O–H groups in total. The van der Waals surface area contributed by atoms with Gasteiger partial charge in [-0.05, 0) is 74.3 Å². The second kappa shape index (κ2) is 6.78. The Morgan fingerprint density at radius 2 is 2.00 bits per heavy atom. The van der Waals surface area contributed by atoms with Crippen molar-refractivity contribution in [3.63, 3.8) is 0 Å². The average Bonchev–Trinajstić information content (AvgIpc) is 3.25. The molecule has 24 heavy (non-hydrogen) atoms. The van der Waals surface area contributed by atoms with Crippen LogP contribution in [0.15, 0.2) is 24.3 Å². The van der Waals surface area contributed by atoms with Gasteiger partial charge in [0.05, 0.1) is 6.61 Å². The summed E-state index contributed by atoms with van der Waals surface area (Å²) in [6, 6.07) is 8.50. The quantitative estimate of drug-likeness (QED) is 0.799. The third-order valence-corrected chi connectivity index (χ3v) is 6.67. The molecule has 0 spiro atoms. The predicted molar refractivity (Wildman–Crippen MR) is 94.9 cm³/mol. The van der Waals surface area contributed by atoms with Crippen LogP contribution in [-0.2, 0) is 4.79 Å². The molecule has 0 saturated heterocycles. The van der Waals surface area contributed by atoms with Crippen molar-refractivity contribution < 1.29 is 9.53 Å². The third kappa shape index (κ3) is 3.05. The maximum absolute atomic E-state index is 12.3. The van der Waals surface area contributed by atoms with E-state index in [0.717, 1.165) is 41.4 Å². The van der Waals surface area contributed by atoms with Crippen molar-refractivity contribution >= 4 is 5.91 Å². The summed E-state index contributed by atoms with van der Waals surface area (Å²) in [4.78, 5) is 12.3. The Labute approximate surface area is 145 Å². The number of rotatable bonds is 6. The van der Waals surface area contributed by atoms with Crippen molar-refractivity contribution in [3.05, 3.63) is 29.8 Å². The lowest BCUT2D eigenvalue weighted by Gasteiger charge is -2.32. The van der Waals surface area contributed by atoms with Crippen LogP contribution < -0.4 is 10.1 Å². The molecular weight excluding hydrogens is 298 g/mol. The van der Waals surface area contributed by atoms with Crippen molar-refractivity contribution in [1.82, 2.24) is 5.32 Å². The van der Waals surface area contributed by atoms with Crippen LogP contribution in [0.25, 0.3) is 0 Å². The van der Waals surface area contributed by atoms with Crippen molar-refractivity contribution in [2.24, 2.45) is 23.7 Å². The molecule has 4 rings (SSSR count). The Morgan fingerprint density at radius 3 is 2.88 bits per heavy atom. The van der Waals surface area contributed by atoms with E-state index in [1.807, 2.05) is 31.2 Å². The zero-order valence-electron chi connectivity index (χ0n) is 14.7. The highest BCUT2D eigenvalue weighted by atomic mass is 16.5. The number of amides is 1. The molecule has 0 heterocycles. The summed E-state index contributed by atoms with van der Waals surface area (Å²) in [6.07, 6.45) is 8.24. The van der Waals surface area contributed by atoms with Gasteiger partial charge in [0.15, 0.2) is 0 Å². The Balaban J connectivity index is 1.19. The van der Waals surface area contributed by atoms with E-state index >= 15 is 0 Å². The molecule has 3 aliphatic carbocycles. The second-order valence-electron chi connectivity index (χ2n) is 8.05. The van der Waals surface area contributed by atoms with Gasteiger partial charge in [0.1, 0.15) is 5.75 Å². The third-order valence-electron chi connectivity index (χ3n) is 6.67. The fourth-order valence-electron chi connectivity index (χ4n) is 5.65. The first-order valence-corrected chi connectivity index (χ1v) is 9.70. The van der Waals surface area contributed by atoms with Crippen LogP contribution in [0.2, 0.25) is 0 Å². The number of fused-ring (bicyclic) bond motifs is 5. The first-order valence-electron chi connectivity index (χ1n) is 9.70. The lowest BCUT2D eigenvalue weighted by Crippen LogP contribution is -2.42. The largest absolute Gasteiger partial charge is 0.493 e. The van der Waals surface area contributed by atoms with E-state index in [2.05, 4.69) is 5.32 Å². The van der Waals surface area contributed by atoms with E-state index in [9.17, 15) is 4.79 Å². The molecule has 0 aliphatic heterocycles. The van der Waals surface area contributed by atoms with E-state index in [-0.39, 0.29) is 5.91 Å². The highest BCUT2D eigenvalue weighted by Gasteiger charge is 2.53. The van der Waals surface area contributed by atoms with Gasteiger partial charge in [-0.2, -0.15) is 0 Å². The number of aryl methyl sites for hydroxylation is 1. The second-order valence-corrected chi connectivity index (χ2v) is 8.05.